The summed E-state index contributed by atoms with van der Waals surface area (Å²) in [5.74, 6) is -0.613. The Hall–Kier alpha value is -2.34. The minimum atomic E-state index is -0.871. The van der Waals surface area contributed by atoms with Crippen LogP contribution in [0, 0.1) is 12.7 Å². The zero-order chi connectivity index (χ0) is 18.2. The van der Waals surface area contributed by atoms with Crippen molar-refractivity contribution in [1.29, 1.82) is 0 Å². The van der Waals surface area contributed by atoms with Crippen molar-refractivity contribution in [2.24, 2.45) is 0 Å². The summed E-state index contributed by atoms with van der Waals surface area (Å²) in [6.45, 7) is 3.49. The van der Waals surface area contributed by atoms with E-state index in [2.05, 4.69) is 5.32 Å². The van der Waals surface area contributed by atoms with Gasteiger partial charge < -0.3 is 10.1 Å². The van der Waals surface area contributed by atoms with E-state index in [-0.39, 0.29) is 18.1 Å². The Morgan fingerprint density at radius 3 is 2.40 bits per heavy atom. The number of hydrogen-bond donors (Lipinski definition) is 1. The number of nitrogens with one attached hydrogen (secondary N) is 1. The van der Waals surface area contributed by atoms with Crippen LogP contribution in [0.15, 0.2) is 53.4 Å². The third-order valence-electron chi connectivity index (χ3n) is 3.39. The second-order valence-corrected chi connectivity index (χ2v) is 6.71. The van der Waals surface area contributed by atoms with Gasteiger partial charge in [-0.25, -0.2) is 4.39 Å². The first-order chi connectivity index (χ1) is 11.9. The van der Waals surface area contributed by atoms with Gasteiger partial charge in [0.1, 0.15) is 5.82 Å². The normalized spacial score (nSPS) is 11.6. The molecule has 0 heterocycles. The minimum Gasteiger partial charge on any atom is -0.453 e. The molecule has 0 aliphatic carbocycles. The Morgan fingerprint density at radius 2 is 1.76 bits per heavy atom. The number of halogens is 1. The molecular weight excluding hydrogens is 341 g/mol. The fourth-order valence-corrected chi connectivity index (χ4v) is 2.81. The van der Waals surface area contributed by atoms with E-state index in [0.717, 1.165) is 10.5 Å². The average Bonchev–Trinajstić information content (AvgIpc) is 2.58. The number of esters is 1. The van der Waals surface area contributed by atoms with Gasteiger partial charge in [-0.3, -0.25) is 9.59 Å². The van der Waals surface area contributed by atoms with Crippen molar-refractivity contribution < 1.29 is 18.7 Å². The summed E-state index contributed by atoms with van der Waals surface area (Å²) in [5.41, 5.74) is 1.75. The summed E-state index contributed by atoms with van der Waals surface area (Å²) in [6.07, 6.45) is -0.700. The van der Waals surface area contributed by atoms with E-state index in [1.54, 1.807) is 24.3 Å². The number of hydrogen-bond acceptors (Lipinski definition) is 4. The van der Waals surface area contributed by atoms with Crippen molar-refractivity contribution in [1.82, 2.24) is 0 Å². The molecule has 0 aliphatic heterocycles. The molecule has 1 unspecified atom stereocenters. The number of anilines is 1. The smallest absolute Gasteiger partial charge is 0.307 e. The summed E-state index contributed by atoms with van der Waals surface area (Å²) in [5, 5.41) is 2.70. The van der Waals surface area contributed by atoms with Crippen molar-refractivity contribution >= 4 is 29.3 Å². The lowest BCUT2D eigenvalue weighted by atomic mass is 10.2. The Labute approximate surface area is 150 Å². The number of amides is 1. The topological polar surface area (TPSA) is 55.4 Å². The largest absolute Gasteiger partial charge is 0.453 e. The first-order valence-electron chi connectivity index (χ1n) is 7.89. The van der Waals surface area contributed by atoms with Gasteiger partial charge in [0.2, 0.25) is 0 Å². The van der Waals surface area contributed by atoms with Crippen LogP contribution in [0.2, 0.25) is 0 Å². The highest BCUT2D eigenvalue weighted by atomic mass is 32.2. The van der Waals surface area contributed by atoms with Gasteiger partial charge in [-0.1, -0.05) is 17.7 Å². The maximum atomic E-state index is 12.8. The molecule has 1 atom stereocenters. The predicted molar refractivity (Wildman–Crippen MR) is 97.1 cm³/mol. The summed E-state index contributed by atoms with van der Waals surface area (Å²) < 4.78 is 18.0. The molecule has 0 radical (unpaired) electrons. The quantitative estimate of drug-likeness (QED) is 0.594. The monoisotopic (exact) mass is 361 g/mol. The molecule has 0 fully saturated rings. The molecule has 6 heteroatoms. The first-order valence-corrected chi connectivity index (χ1v) is 8.88. The lowest BCUT2D eigenvalue weighted by Gasteiger charge is -2.13. The van der Waals surface area contributed by atoms with E-state index in [1.807, 2.05) is 19.1 Å². The number of carbonyl (C=O) groups excluding carboxylic acids is 2. The van der Waals surface area contributed by atoms with Gasteiger partial charge in [-0.2, -0.15) is 0 Å². The van der Waals surface area contributed by atoms with E-state index in [9.17, 15) is 14.0 Å². The molecule has 2 aromatic carbocycles. The van der Waals surface area contributed by atoms with Crippen LogP contribution in [0.3, 0.4) is 0 Å². The van der Waals surface area contributed by atoms with E-state index in [4.69, 9.17) is 4.74 Å². The highest BCUT2D eigenvalue weighted by molar-refractivity contribution is 7.99. The van der Waals surface area contributed by atoms with Gasteiger partial charge in [0.05, 0.1) is 6.42 Å². The zero-order valence-electron chi connectivity index (χ0n) is 14.1. The number of thioether (sulfide) groups is 1. The Balaban J connectivity index is 1.72. The van der Waals surface area contributed by atoms with Crippen LogP contribution < -0.4 is 5.32 Å². The van der Waals surface area contributed by atoms with Gasteiger partial charge >= 0.3 is 5.97 Å². The molecule has 2 aromatic rings. The van der Waals surface area contributed by atoms with Crippen LogP contribution >= 0.6 is 11.8 Å². The van der Waals surface area contributed by atoms with Gasteiger partial charge in [0, 0.05) is 16.3 Å². The predicted octanol–water partition coefficient (Wildman–Crippen LogP) is 4.19. The third-order valence-corrected chi connectivity index (χ3v) is 4.40. The van der Waals surface area contributed by atoms with Crippen LogP contribution in [0.5, 0.6) is 0 Å². The molecule has 4 nitrogen and oxygen atoms in total. The molecule has 0 saturated heterocycles. The molecule has 1 amide bonds. The standard InChI is InChI=1S/C19H20FNO3S/c1-13-3-7-16(8-4-13)21-19(23)14(2)24-18(22)11-12-25-17-9-5-15(20)6-10-17/h3-10,14H,11-12H2,1-2H3,(H,21,23). The highest BCUT2D eigenvalue weighted by Crippen LogP contribution is 2.19. The molecule has 2 rings (SSSR count). The molecule has 0 saturated carbocycles. The number of aryl methyl sites for hydroxylation is 1. The second-order valence-electron chi connectivity index (χ2n) is 5.54. The molecule has 0 aliphatic rings. The van der Waals surface area contributed by atoms with Gasteiger partial charge in [-0.15, -0.1) is 11.8 Å². The van der Waals surface area contributed by atoms with Crippen LogP contribution in [0.4, 0.5) is 10.1 Å². The van der Waals surface area contributed by atoms with Crippen LogP contribution in [-0.4, -0.2) is 23.7 Å². The van der Waals surface area contributed by atoms with Crippen molar-refractivity contribution in [2.45, 2.75) is 31.3 Å². The second kappa shape index (κ2) is 9.22. The van der Waals surface area contributed by atoms with Crippen LogP contribution in [0.25, 0.3) is 0 Å². The SMILES string of the molecule is Cc1ccc(NC(=O)C(C)OC(=O)CCSc2ccc(F)cc2)cc1. The Morgan fingerprint density at radius 1 is 1.12 bits per heavy atom. The maximum Gasteiger partial charge on any atom is 0.307 e. The molecule has 1 N–H and O–H groups in total. The van der Waals surface area contributed by atoms with Gasteiger partial charge in [0.25, 0.3) is 5.91 Å². The maximum absolute atomic E-state index is 12.8. The Kier molecular flexibility index (Phi) is 7.01. The molecular formula is C19H20FNO3S. The summed E-state index contributed by atoms with van der Waals surface area (Å²) >= 11 is 1.43. The molecule has 132 valence electrons. The molecule has 0 spiro atoms. The number of ether oxygens (including phenoxy) is 1. The fraction of sp³-hybridized carbons (Fsp3) is 0.263. The van der Waals surface area contributed by atoms with Crippen molar-refractivity contribution in [3.63, 3.8) is 0 Å². The summed E-state index contributed by atoms with van der Waals surface area (Å²) in [7, 11) is 0. The Bertz CT molecular complexity index is 716. The van der Waals surface area contributed by atoms with E-state index in [1.165, 1.54) is 30.8 Å². The van der Waals surface area contributed by atoms with Gasteiger partial charge in [0.15, 0.2) is 6.10 Å². The van der Waals surface area contributed by atoms with Crippen molar-refractivity contribution in [3.05, 3.63) is 59.9 Å². The van der Waals surface area contributed by atoms with Crippen LogP contribution in [0.1, 0.15) is 18.9 Å². The average molecular weight is 361 g/mol. The molecule has 0 bridgehead atoms. The fourth-order valence-electron chi connectivity index (χ4n) is 1.97. The first kappa shape index (κ1) is 19.0. The highest BCUT2D eigenvalue weighted by Gasteiger charge is 2.17. The van der Waals surface area contributed by atoms with Crippen LogP contribution in [-0.2, 0) is 14.3 Å². The van der Waals surface area contributed by atoms with E-state index >= 15 is 0 Å². The van der Waals surface area contributed by atoms with E-state index in [0.29, 0.717) is 11.4 Å². The van der Waals surface area contributed by atoms with E-state index < -0.39 is 12.1 Å². The zero-order valence-corrected chi connectivity index (χ0v) is 14.9. The summed E-state index contributed by atoms with van der Waals surface area (Å²) in [4.78, 5) is 24.7. The van der Waals surface area contributed by atoms with Crippen molar-refractivity contribution in [2.75, 3.05) is 11.1 Å². The third kappa shape index (κ3) is 6.58. The summed E-state index contributed by atoms with van der Waals surface area (Å²) in [6, 6.07) is 13.4. The minimum absolute atomic E-state index is 0.171. The van der Waals surface area contributed by atoms with Gasteiger partial charge in [-0.05, 0) is 50.2 Å². The number of benzene rings is 2. The number of rotatable bonds is 7. The lowest BCUT2D eigenvalue weighted by molar-refractivity contribution is -0.152. The number of carbonyl (C=O) groups is 2. The molecule has 0 aromatic heterocycles. The molecule has 25 heavy (non-hydrogen) atoms. The lowest BCUT2D eigenvalue weighted by Crippen LogP contribution is -2.30. The van der Waals surface area contributed by atoms with Crippen molar-refractivity contribution in [3.8, 4) is 0 Å².